The average Bonchev–Trinajstić information content (AvgIpc) is 2.91. The molecule has 106 valence electrons. The number of nitrogens with two attached hydrogens (primary N) is 1. The van der Waals surface area contributed by atoms with Crippen LogP contribution in [-0.2, 0) is 0 Å². The monoisotopic (exact) mass is 323 g/mol. The number of tetrazole rings is 1. The number of aromatic nitrogens is 4. The van der Waals surface area contributed by atoms with E-state index in [1.807, 2.05) is 0 Å². The summed E-state index contributed by atoms with van der Waals surface area (Å²) in [4.78, 5) is 0. The minimum atomic E-state index is -0.524. The maximum atomic E-state index is 14.0. The summed E-state index contributed by atoms with van der Waals surface area (Å²) in [5.74, 6) is -0.319. The molecule has 0 saturated heterocycles. The van der Waals surface area contributed by atoms with Crippen molar-refractivity contribution in [3.8, 4) is 17.1 Å². The quantitative estimate of drug-likeness (QED) is 0.734. The van der Waals surface area contributed by atoms with Crippen molar-refractivity contribution in [1.82, 2.24) is 20.2 Å². The maximum absolute atomic E-state index is 14.0. The predicted octanol–water partition coefficient (Wildman–Crippen LogP) is 3.36. The van der Waals surface area contributed by atoms with Crippen molar-refractivity contribution in [2.45, 2.75) is 0 Å². The van der Waals surface area contributed by atoms with Gasteiger partial charge in [0.1, 0.15) is 5.82 Å². The largest absolute Gasteiger partial charge is 0.399 e. The molecule has 1 heterocycles. The van der Waals surface area contributed by atoms with Crippen LogP contribution in [0.5, 0.6) is 0 Å². The molecule has 0 amide bonds. The van der Waals surface area contributed by atoms with Gasteiger partial charge in [-0.2, -0.15) is 4.68 Å². The van der Waals surface area contributed by atoms with Crippen molar-refractivity contribution in [2.75, 3.05) is 5.73 Å². The number of anilines is 1. The third-order valence-corrected chi connectivity index (χ3v) is 3.67. The van der Waals surface area contributed by atoms with Crippen molar-refractivity contribution in [1.29, 1.82) is 0 Å². The Morgan fingerprint density at radius 2 is 1.95 bits per heavy atom. The second kappa shape index (κ2) is 5.31. The van der Waals surface area contributed by atoms with Gasteiger partial charge < -0.3 is 5.73 Å². The highest BCUT2D eigenvalue weighted by Gasteiger charge is 2.17. The lowest BCUT2D eigenvalue weighted by Gasteiger charge is -2.08. The zero-order valence-corrected chi connectivity index (χ0v) is 12.0. The molecule has 0 radical (unpaired) electrons. The van der Waals surface area contributed by atoms with Crippen LogP contribution in [0.25, 0.3) is 17.1 Å². The van der Waals surface area contributed by atoms with Gasteiger partial charge in [-0.1, -0.05) is 29.3 Å². The van der Waals surface area contributed by atoms with E-state index in [1.165, 1.54) is 16.8 Å². The summed E-state index contributed by atoms with van der Waals surface area (Å²) in [6.07, 6.45) is 0. The Bertz CT molecular complexity index is 818. The zero-order valence-electron chi connectivity index (χ0n) is 10.5. The molecule has 8 heteroatoms. The van der Waals surface area contributed by atoms with Gasteiger partial charge in [0.15, 0.2) is 5.82 Å². The van der Waals surface area contributed by atoms with Crippen LogP contribution in [0.2, 0.25) is 10.0 Å². The van der Waals surface area contributed by atoms with E-state index in [-0.39, 0.29) is 16.4 Å². The van der Waals surface area contributed by atoms with Crippen LogP contribution in [-0.4, -0.2) is 20.2 Å². The van der Waals surface area contributed by atoms with Gasteiger partial charge in [-0.05, 0) is 40.8 Å². The Hall–Kier alpha value is -2.18. The molecule has 0 aliphatic heterocycles. The fraction of sp³-hybridized carbons (Fsp3) is 0. The molecule has 0 bridgehead atoms. The topological polar surface area (TPSA) is 69.6 Å². The molecule has 0 aliphatic carbocycles. The lowest BCUT2D eigenvalue weighted by molar-refractivity contribution is 0.629. The summed E-state index contributed by atoms with van der Waals surface area (Å²) in [7, 11) is 0. The van der Waals surface area contributed by atoms with Gasteiger partial charge in [0.05, 0.1) is 21.3 Å². The molecule has 21 heavy (non-hydrogen) atoms. The molecular formula is C13H8Cl2FN5. The van der Waals surface area contributed by atoms with Gasteiger partial charge in [0, 0.05) is 5.69 Å². The third-order valence-electron chi connectivity index (χ3n) is 2.86. The number of rotatable bonds is 2. The van der Waals surface area contributed by atoms with E-state index in [2.05, 4.69) is 15.5 Å². The maximum Gasteiger partial charge on any atom is 0.190 e. The van der Waals surface area contributed by atoms with Gasteiger partial charge in [0.2, 0.25) is 0 Å². The molecule has 5 nitrogen and oxygen atoms in total. The second-order valence-electron chi connectivity index (χ2n) is 4.23. The molecule has 0 spiro atoms. The van der Waals surface area contributed by atoms with Gasteiger partial charge in [0.25, 0.3) is 0 Å². The summed E-state index contributed by atoms with van der Waals surface area (Å²) >= 11 is 12.1. The van der Waals surface area contributed by atoms with Gasteiger partial charge in [-0.25, -0.2) is 4.39 Å². The standard InChI is InChI=1S/C13H8Cl2FN5/c14-9-2-1-3-11(12(9)15)21-13(18-19-20-21)8-5-4-7(17)6-10(8)16/h1-6H,17H2. The highest BCUT2D eigenvalue weighted by atomic mass is 35.5. The molecule has 0 saturated carbocycles. The number of nitrogens with zero attached hydrogens (tertiary/aromatic N) is 4. The molecule has 0 aliphatic rings. The summed E-state index contributed by atoms with van der Waals surface area (Å²) in [5, 5.41) is 11.9. The van der Waals surface area contributed by atoms with Gasteiger partial charge in [-0.15, -0.1) is 5.10 Å². The van der Waals surface area contributed by atoms with E-state index in [0.717, 1.165) is 0 Å². The number of halogens is 3. The Labute approximate surface area is 129 Å². The highest BCUT2D eigenvalue weighted by Crippen LogP contribution is 2.31. The Kier molecular flexibility index (Phi) is 3.48. The third kappa shape index (κ3) is 2.43. The van der Waals surface area contributed by atoms with Gasteiger partial charge in [-0.3, -0.25) is 0 Å². The first-order chi connectivity index (χ1) is 10.1. The summed E-state index contributed by atoms with van der Waals surface area (Å²) in [6, 6.07) is 9.30. The molecular weight excluding hydrogens is 316 g/mol. The predicted molar refractivity (Wildman–Crippen MR) is 79.0 cm³/mol. The van der Waals surface area contributed by atoms with Crippen LogP contribution in [0.1, 0.15) is 0 Å². The highest BCUT2D eigenvalue weighted by molar-refractivity contribution is 6.43. The van der Waals surface area contributed by atoms with Crippen molar-refractivity contribution in [3.63, 3.8) is 0 Å². The Morgan fingerprint density at radius 1 is 1.14 bits per heavy atom. The van der Waals surface area contributed by atoms with E-state index >= 15 is 0 Å². The van der Waals surface area contributed by atoms with E-state index < -0.39 is 5.82 Å². The Morgan fingerprint density at radius 3 is 2.71 bits per heavy atom. The zero-order chi connectivity index (χ0) is 15.0. The second-order valence-corrected chi connectivity index (χ2v) is 5.01. The summed E-state index contributed by atoms with van der Waals surface area (Å²) in [5.41, 5.74) is 6.52. The Balaban J connectivity index is 2.20. The number of benzene rings is 2. The fourth-order valence-electron chi connectivity index (χ4n) is 1.89. The number of hydrogen-bond donors (Lipinski definition) is 1. The number of hydrogen-bond acceptors (Lipinski definition) is 4. The SMILES string of the molecule is Nc1ccc(-c2nnnn2-c2cccc(Cl)c2Cl)c(F)c1. The molecule has 3 rings (SSSR count). The first kappa shape index (κ1) is 13.8. The van der Waals surface area contributed by atoms with E-state index in [9.17, 15) is 4.39 Å². The van der Waals surface area contributed by atoms with Crippen LogP contribution < -0.4 is 5.73 Å². The minimum Gasteiger partial charge on any atom is -0.399 e. The van der Waals surface area contributed by atoms with Crippen molar-refractivity contribution < 1.29 is 4.39 Å². The van der Waals surface area contributed by atoms with Crippen LogP contribution in [0.4, 0.5) is 10.1 Å². The van der Waals surface area contributed by atoms with Crippen molar-refractivity contribution in [3.05, 3.63) is 52.3 Å². The molecule has 3 aromatic rings. The lowest BCUT2D eigenvalue weighted by Crippen LogP contribution is -2.02. The van der Waals surface area contributed by atoms with Crippen molar-refractivity contribution in [2.24, 2.45) is 0 Å². The minimum absolute atomic E-state index is 0.205. The first-order valence-corrected chi connectivity index (χ1v) is 6.61. The molecule has 2 aromatic carbocycles. The lowest BCUT2D eigenvalue weighted by atomic mass is 10.2. The summed E-state index contributed by atoms with van der Waals surface area (Å²) < 4.78 is 15.4. The molecule has 0 unspecified atom stereocenters. The first-order valence-electron chi connectivity index (χ1n) is 5.86. The number of nitrogen functional groups attached to an aromatic ring is 1. The molecule has 0 fully saturated rings. The van der Waals surface area contributed by atoms with Crippen molar-refractivity contribution >= 4 is 28.9 Å². The molecule has 0 atom stereocenters. The van der Waals surface area contributed by atoms with Crippen LogP contribution in [0.3, 0.4) is 0 Å². The van der Waals surface area contributed by atoms with Crippen LogP contribution >= 0.6 is 23.2 Å². The van der Waals surface area contributed by atoms with E-state index in [0.29, 0.717) is 16.4 Å². The van der Waals surface area contributed by atoms with Crippen LogP contribution in [0.15, 0.2) is 36.4 Å². The molecule has 1 aromatic heterocycles. The van der Waals surface area contributed by atoms with Gasteiger partial charge >= 0.3 is 0 Å². The smallest absolute Gasteiger partial charge is 0.190 e. The normalized spacial score (nSPS) is 10.8. The fourth-order valence-corrected chi connectivity index (χ4v) is 2.26. The van der Waals surface area contributed by atoms with E-state index in [1.54, 1.807) is 24.3 Å². The van der Waals surface area contributed by atoms with Crippen LogP contribution in [0, 0.1) is 5.82 Å². The van der Waals surface area contributed by atoms with E-state index in [4.69, 9.17) is 28.9 Å². The summed E-state index contributed by atoms with van der Waals surface area (Å²) in [6.45, 7) is 0. The average molecular weight is 324 g/mol. The molecule has 2 N–H and O–H groups in total.